The van der Waals surface area contributed by atoms with E-state index in [9.17, 15) is 4.39 Å². The van der Waals surface area contributed by atoms with Gasteiger partial charge >= 0.3 is 0 Å². The minimum absolute atomic E-state index is 0.0802. The van der Waals surface area contributed by atoms with Gasteiger partial charge in [-0.15, -0.1) is 16.4 Å². The Morgan fingerprint density at radius 2 is 1.93 bits per heavy atom. The Balaban J connectivity index is 1.20. The molecule has 6 heterocycles. The number of pyridine rings is 1. The third-order valence-corrected chi connectivity index (χ3v) is 9.09. The van der Waals surface area contributed by atoms with Crippen LogP contribution in [0.1, 0.15) is 44.0 Å². The van der Waals surface area contributed by atoms with Crippen LogP contribution in [0, 0.1) is 6.92 Å². The molecule has 1 atom stereocenters. The zero-order valence-corrected chi connectivity index (χ0v) is 24.5. The van der Waals surface area contributed by atoms with Gasteiger partial charge in [0.25, 0.3) is 0 Å². The molecule has 0 saturated carbocycles. The SMILES string of the molecule is Cc1nn2ccc(OCCN3CCC(F)CC3)cc2c1-c1nc(-c2ccccc2)c(-c2ncn(C3CCCCO3)n2)s1. The predicted octanol–water partition coefficient (Wildman–Crippen LogP) is 6.20. The quantitative estimate of drug-likeness (QED) is 0.214. The maximum Gasteiger partial charge on any atom is 0.193 e. The Labute approximate surface area is 247 Å². The van der Waals surface area contributed by atoms with E-state index in [2.05, 4.69) is 17.0 Å². The van der Waals surface area contributed by atoms with Gasteiger partial charge in [-0.2, -0.15) is 5.10 Å². The maximum absolute atomic E-state index is 13.5. The van der Waals surface area contributed by atoms with Crippen molar-refractivity contribution in [3.63, 3.8) is 0 Å². The molecule has 2 aliphatic heterocycles. The summed E-state index contributed by atoms with van der Waals surface area (Å²) < 4.78 is 29.3. The number of halogens is 1. The molecule has 42 heavy (non-hydrogen) atoms. The summed E-state index contributed by atoms with van der Waals surface area (Å²) in [5, 5.41) is 10.5. The molecule has 218 valence electrons. The third-order valence-electron chi connectivity index (χ3n) is 8.03. The lowest BCUT2D eigenvalue weighted by molar-refractivity contribution is -0.0395. The van der Waals surface area contributed by atoms with Crippen LogP contribution in [0.4, 0.5) is 4.39 Å². The molecule has 1 unspecified atom stereocenters. The summed E-state index contributed by atoms with van der Waals surface area (Å²) in [5.41, 5.74) is 4.64. The molecular formula is C31H34FN7O2S. The zero-order chi connectivity index (χ0) is 28.5. The Morgan fingerprint density at radius 3 is 2.74 bits per heavy atom. The van der Waals surface area contributed by atoms with Crippen LogP contribution in [0.25, 0.3) is 38.0 Å². The topological polar surface area (TPSA) is 82.6 Å². The molecule has 0 spiro atoms. The fourth-order valence-corrected chi connectivity index (χ4v) is 6.87. The molecule has 2 saturated heterocycles. The highest BCUT2D eigenvalue weighted by molar-refractivity contribution is 7.19. The number of hydrogen-bond donors (Lipinski definition) is 0. The molecule has 0 N–H and O–H groups in total. The first-order chi connectivity index (χ1) is 20.6. The molecule has 0 bridgehead atoms. The normalized spacial score (nSPS) is 18.6. The zero-order valence-electron chi connectivity index (χ0n) is 23.7. The number of fused-ring (bicyclic) bond motifs is 1. The number of rotatable bonds is 8. The molecule has 0 radical (unpaired) electrons. The smallest absolute Gasteiger partial charge is 0.193 e. The van der Waals surface area contributed by atoms with Crippen molar-refractivity contribution in [3.05, 3.63) is 60.7 Å². The second kappa shape index (κ2) is 11.9. The van der Waals surface area contributed by atoms with Crippen LogP contribution in [0.2, 0.25) is 0 Å². The standard InChI is InChI=1S/C31H34FN7O2S/c1-21-27(25-19-24(12-15-38(25)35-21)40-18-16-37-13-10-23(32)11-14-37)31-34-28(22-7-3-2-4-8-22)29(42-31)30-33-20-39(36-30)26-9-5-6-17-41-26/h2-4,7-8,12,15,19-20,23,26H,5-6,9-11,13-14,16-18H2,1H3. The Hall–Kier alpha value is -3.67. The van der Waals surface area contributed by atoms with Crippen LogP contribution >= 0.6 is 11.3 Å². The number of hydrogen-bond acceptors (Lipinski definition) is 8. The Morgan fingerprint density at radius 1 is 1.07 bits per heavy atom. The van der Waals surface area contributed by atoms with Crippen molar-refractivity contribution in [2.24, 2.45) is 0 Å². The van der Waals surface area contributed by atoms with E-state index in [1.165, 1.54) is 0 Å². The fraction of sp³-hybridized carbons (Fsp3) is 0.419. The van der Waals surface area contributed by atoms with E-state index in [0.29, 0.717) is 25.3 Å². The summed E-state index contributed by atoms with van der Waals surface area (Å²) in [7, 11) is 0. The predicted molar refractivity (Wildman–Crippen MR) is 160 cm³/mol. The van der Waals surface area contributed by atoms with Gasteiger partial charge in [0.2, 0.25) is 0 Å². The number of aryl methyl sites for hydroxylation is 1. The fourth-order valence-electron chi connectivity index (χ4n) is 5.74. The van der Waals surface area contributed by atoms with E-state index >= 15 is 0 Å². The minimum Gasteiger partial charge on any atom is -0.492 e. The molecule has 5 aromatic rings. The summed E-state index contributed by atoms with van der Waals surface area (Å²) in [6, 6.07) is 14.1. The lowest BCUT2D eigenvalue weighted by atomic mass is 10.1. The van der Waals surface area contributed by atoms with Crippen LogP contribution in [-0.2, 0) is 4.74 Å². The van der Waals surface area contributed by atoms with Crippen molar-refractivity contribution in [1.29, 1.82) is 0 Å². The van der Waals surface area contributed by atoms with E-state index in [1.807, 2.05) is 52.6 Å². The van der Waals surface area contributed by atoms with Crippen LogP contribution < -0.4 is 4.74 Å². The van der Waals surface area contributed by atoms with Crippen LogP contribution in [0.3, 0.4) is 0 Å². The highest BCUT2D eigenvalue weighted by Gasteiger charge is 2.25. The van der Waals surface area contributed by atoms with Crippen LogP contribution in [0.15, 0.2) is 55.0 Å². The lowest BCUT2D eigenvalue weighted by Gasteiger charge is -2.28. The average Bonchev–Trinajstić information content (AvgIpc) is 3.76. The highest BCUT2D eigenvalue weighted by atomic mass is 32.1. The molecule has 4 aromatic heterocycles. The van der Waals surface area contributed by atoms with E-state index in [0.717, 1.165) is 89.2 Å². The summed E-state index contributed by atoms with van der Waals surface area (Å²) >= 11 is 1.58. The van der Waals surface area contributed by atoms with Crippen molar-refractivity contribution < 1.29 is 13.9 Å². The largest absolute Gasteiger partial charge is 0.492 e. The van der Waals surface area contributed by atoms with E-state index < -0.39 is 6.17 Å². The van der Waals surface area contributed by atoms with Gasteiger partial charge in [0, 0.05) is 44.1 Å². The first kappa shape index (κ1) is 27.2. The van der Waals surface area contributed by atoms with E-state index in [4.69, 9.17) is 29.6 Å². The summed E-state index contributed by atoms with van der Waals surface area (Å²) in [6.45, 7) is 5.66. The number of alkyl halides is 1. The molecule has 9 nitrogen and oxygen atoms in total. The van der Waals surface area contributed by atoms with Crippen molar-refractivity contribution in [2.75, 3.05) is 32.8 Å². The minimum atomic E-state index is -0.667. The van der Waals surface area contributed by atoms with E-state index in [1.54, 1.807) is 17.7 Å². The van der Waals surface area contributed by atoms with Crippen molar-refractivity contribution in [3.8, 4) is 38.3 Å². The van der Waals surface area contributed by atoms with Gasteiger partial charge in [0.15, 0.2) is 12.1 Å². The lowest BCUT2D eigenvalue weighted by Crippen LogP contribution is -2.37. The van der Waals surface area contributed by atoms with Crippen LogP contribution in [0.5, 0.6) is 5.75 Å². The molecule has 7 rings (SSSR count). The highest BCUT2D eigenvalue weighted by Crippen LogP contribution is 2.42. The number of nitrogens with zero attached hydrogens (tertiary/aromatic N) is 7. The summed E-state index contributed by atoms with van der Waals surface area (Å²) in [6.07, 6.45) is 7.30. The van der Waals surface area contributed by atoms with Crippen LogP contribution in [-0.4, -0.2) is 73.3 Å². The first-order valence-electron chi connectivity index (χ1n) is 14.7. The Bertz CT molecular complexity index is 1650. The van der Waals surface area contributed by atoms with Gasteiger partial charge in [-0.05, 0) is 45.1 Å². The first-order valence-corrected chi connectivity index (χ1v) is 15.5. The van der Waals surface area contributed by atoms with Crippen molar-refractivity contribution >= 4 is 16.9 Å². The van der Waals surface area contributed by atoms with E-state index in [-0.39, 0.29) is 6.23 Å². The number of likely N-dealkylation sites (tertiary alicyclic amines) is 1. The number of benzene rings is 1. The van der Waals surface area contributed by atoms with Gasteiger partial charge in [-0.1, -0.05) is 30.3 Å². The third kappa shape index (κ3) is 5.56. The van der Waals surface area contributed by atoms with Gasteiger partial charge in [0.1, 0.15) is 34.7 Å². The van der Waals surface area contributed by atoms with Crippen molar-refractivity contribution in [2.45, 2.75) is 51.4 Å². The summed E-state index contributed by atoms with van der Waals surface area (Å²) in [5.74, 6) is 1.42. The molecule has 0 aliphatic carbocycles. The van der Waals surface area contributed by atoms with Gasteiger partial charge in [0.05, 0.1) is 22.5 Å². The molecule has 1 aromatic carbocycles. The Kier molecular flexibility index (Phi) is 7.70. The number of ether oxygens (including phenoxy) is 2. The van der Waals surface area contributed by atoms with Gasteiger partial charge in [-0.25, -0.2) is 23.6 Å². The monoisotopic (exact) mass is 587 g/mol. The molecule has 11 heteroatoms. The number of thiazole rings is 1. The van der Waals surface area contributed by atoms with Gasteiger partial charge < -0.3 is 9.47 Å². The number of aromatic nitrogens is 6. The molecule has 0 amide bonds. The number of piperidine rings is 1. The van der Waals surface area contributed by atoms with Crippen molar-refractivity contribution in [1.82, 2.24) is 34.3 Å². The molecule has 2 aliphatic rings. The second-order valence-electron chi connectivity index (χ2n) is 10.9. The average molecular weight is 588 g/mol. The molecular weight excluding hydrogens is 553 g/mol. The molecule has 2 fully saturated rings. The maximum atomic E-state index is 13.5. The van der Waals surface area contributed by atoms with Gasteiger partial charge in [-0.3, -0.25) is 4.90 Å². The summed E-state index contributed by atoms with van der Waals surface area (Å²) in [4.78, 5) is 13.0. The second-order valence-corrected chi connectivity index (χ2v) is 11.9.